The van der Waals surface area contributed by atoms with E-state index >= 15 is 0 Å². The molecular weight excluding hydrogens is 284 g/mol. The lowest BCUT2D eigenvalue weighted by atomic mass is 10.3. The first kappa shape index (κ1) is 14.0. The first-order valence-corrected chi connectivity index (χ1v) is 6.55. The molecule has 0 aromatic heterocycles. The van der Waals surface area contributed by atoms with Gasteiger partial charge >= 0.3 is 5.97 Å². The van der Waals surface area contributed by atoms with Crippen LogP contribution < -0.4 is 4.74 Å². The third-order valence-electron chi connectivity index (χ3n) is 2.13. The minimum absolute atomic E-state index is 0.201. The highest BCUT2D eigenvalue weighted by atomic mass is 79.9. The van der Waals surface area contributed by atoms with Crippen molar-refractivity contribution >= 4 is 21.9 Å². The first-order valence-electron chi connectivity index (χ1n) is 5.76. The summed E-state index contributed by atoms with van der Waals surface area (Å²) in [6.07, 6.45) is 2.23. The van der Waals surface area contributed by atoms with E-state index in [1.807, 2.05) is 24.3 Å². The topological polar surface area (TPSA) is 35.5 Å². The lowest BCUT2D eigenvalue weighted by molar-refractivity contribution is -0.144. The second-order valence-electron chi connectivity index (χ2n) is 3.63. The Bertz CT molecular complexity index is 352. The van der Waals surface area contributed by atoms with E-state index in [1.165, 1.54) is 0 Å². The highest BCUT2D eigenvalue weighted by Gasteiger charge is 2.03. The van der Waals surface area contributed by atoms with Gasteiger partial charge in [0.25, 0.3) is 0 Å². The van der Waals surface area contributed by atoms with E-state index in [2.05, 4.69) is 22.9 Å². The zero-order valence-electron chi connectivity index (χ0n) is 9.95. The van der Waals surface area contributed by atoms with E-state index in [0.29, 0.717) is 13.2 Å². The highest BCUT2D eigenvalue weighted by molar-refractivity contribution is 9.10. The van der Waals surface area contributed by atoms with Crippen LogP contribution in [0.5, 0.6) is 5.75 Å². The Morgan fingerprint density at radius 3 is 2.88 bits per heavy atom. The summed E-state index contributed by atoms with van der Waals surface area (Å²) in [7, 11) is 0. The maximum atomic E-state index is 11.3. The van der Waals surface area contributed by atoms with Crippen LogP contribution in [0.25, 0.3) is 0 Å². The van der Waals surface area contributed by atoms with Gasteiger partial charge in [-0.1, -0.05) is 35.3 Å². The van der Waals surface area contributed by atoms with Crippen LogP contribution in [0.3, 0.4) is 0 Å². The molecule has 0 amide bonds. The molecule has 0 fully saturated rings. The summed E-state index contributed by atoms with van der Waals surface area (Å²) >= 11 is 3.35. The molecule has 0 heterocycles. The van der Waals surface area contributed by atoms with Crippen molar-refractivity contribution < 1.29 is 14.3 Å². The zero-order valence-corrected chi connectivity index (χ0v) is 11.5. The van der Waals surface area contributed by atoms with Gasteiger partial charge in [0, 0.05) is 4.47 Å². The number of halogens is 1. The molecule has 1 aromatic rings. The second kappa shape index (κ2) is 8.12. The van der Waals surface area contributed by atoms with Gasteiger partial charge in [0.05, 0.1) is 19.6 Å². The number of ether oxygens (including phenoxy) is 2. The molecule has 0 saturated heterocycles. The van der Waals surface area contributed by atoms with Crippen molar-refractivity contribution in [2.45, 2.75) is 26.2 Å². The molecule has 0 radical (unpaired) electrons. The van der Waals surface area contributed by atoms with Crippen LogP contribution in [-0.2, 0) is 9.53 Å². The van der Waals surface area contributed by atoms with Crippen LogP contribution in [0.1, 0.15) is 26.2 Å². The van der Waals surface area contributed by atoms with Gasteiger partial charge < -0.3 is 9.47 Å². The molecule has 0 unspecified atom stereocenters. The highest BCUT2D eigenvalue weighted by Crippen LogP contribution is 2.17. The smallest absolute Gasteiger partial charge is 0.309 e. The van der Waals surface area contributed by atoms with E-state index < -0.39 is 0 Å². The number of carbonyl (C=O) groups is 1. The van der Waals surface area contributed by atoms with Gasteiger partial charge in [0.1, 0.15) is 5.75 Å². The lowest BCUT2D eigenvalue weighted by Gasteiger charge is -2.06. The first-order chi connectivity index (χ1) is 8.22. The van der Waals surface area contributed by atoms with Crippen molar-refractivity contribution in [2.75, 3.05) is 13.2 Å². The molecule has 4 heteroatoms. The quantitative estimate of drug-likeness (QED) is 0.570. The van der Waals surface area contributed by atoms with Gasteiger partial charge in [-0.05, 0) is 24.6 Å². The van der Waals surface area contributed by atoms with E-state index in [1.54, 1.807) is 0 Å². The minimum atomic E-state index is -0.201. The molecule has 0 aliphatic rings. The normalized spacial score (nSPS) is 10.0. The van der Waals surface area contributed by atoms with Crippen LogP contribution in [0.15, 0.2) is 28.7 Å². The van der Waals surface area contributed by atoms with Gasteiger partial charge in [-0.3, -0.25) is 4.79 Å². The fourth-order valence-corrected chi connectivity index (χ4v) is 1.59. The molecule has 17 heavy (non-hydrogen) atoms. The van der Waals surface area contributed by atoms with Gasteiger partial charge in [-0.2, -0.15) is 0 Å². The summed E-state index contributed by atoms with van der Waals surface area (Å²) in [6.45, 7) is 2.91. The van der Waals surface area contributed by atoms with Crippen molar-refractivity contribution in [1.82, 2.24) is 0 Å². The molecule has 0 aliphatic carbocycles. The third-order valence-corrected chi connectivity index (χ3v) is 2.63. The molecule has 94 valence electrons. The fourth-order valence-electron chi connectivity index (χ4n) is 1.21. The fraction of sp³-hybridized carbons (Fsp3) is 0.462. The van der Waals surface area contributed by atoms with Crippen molar-refractivity contribution in [2.24, 2.45) is 0 Å². The molecule has 0 bridgehead atoms. The minimum Gasteiger partial charge on any atom is -0.493 e. The zero-order chi connectivity index (χ0) is 12.5. The van der Waals surface area contributed by atoms with Gasteiger partial charge in [-0.15, -0.1) is 0 Å². The Morgan fingerprint density at radius 1 is 1.35 bits per heavy atom. The van der Waals surface area contributed by atoms with Crippen molar-refractivity contribution in [3.05, 3.63) is 28.7 Å². The van der Waals surface area contributed by atoms with Gasteiger partial charge in [0.2, 0.25) is 0 Å². The van der Waals surface area contributed by atoms with Crippen molar-refractivity contribution in [3.8, 4) is 5.75 Å². The van der Waals surface area contributed by atoms with Crippen LogP contribution in [0, 0.1) is 0 Å². The number of hydrogen-bond acceptors (Lipinski definition) is 3. The maximum absolute atomic E-state index is 11.3. The van der Waals surface area contributed by atoms with Crippen LogP contribution in [0.2, 0.25) is 0 Å². The standard InChI is InChI=1S/C13H17BrO3/c1-2-3-8-17-13(15)7-9-16-12-6-4-5-11(14)10-12/h4-6,10H,2-3,7-9H2,1H3. The predicted octanol–water partition coefficient (Wildman–Crippen LogP) is 3.56. The Hall–Kier alpha value is -1.03. The Kier molecular flexibility index (Phi) is 6.70. The van der Waals surface area contributed by atoms with E-state index in [-0.39, 0.29) is 12.4 Å². The van der Waals surface area contributed by atoms with Crippen LogP contribution >= 0.6 is 15.9 Å². The van der Waals surface area contributed by atoms with Crippen molar-refractivity contribution in [1.29, 1.82) is 0 Å². The summed E-state index contributed by atoms with van der Waals surface area (Å²) in [5, 5.41) is 0. The maximum Gasteiger partial charge on any atom is 0.309 e. The molecule has 1 rings (SSSR count). The molecule has 0 spiro atoms. The summed E-state index contributed by atoms with van der Waals surface area (Å²) in [4.78, 5) is 11.3. The molecule has 3 nitrogen and oxygen atoms in total. The average Bonchev–Trinajstić information content (AvgIpc) is 2.29. The number of esters is 1. The van der Waals surface area contributed by atoms with E-state index in [4.69, 9.17) is 9.47 Å². The van der Waals surface area contributed by atoms with Crippen LogP contribution in [-0.4, -0.2) is 19.2 Å². The molecule has 0 N–H and O–H groups in total. The third kappa shape index (κ3) is 6.31. The molecular formula is C13H17BrO3. The van der Waals surface area contributed by atoms with Crippen LogP contribution in [0.4, 0.5) is 0 Å². The number of unbranched alkanes of at least 4 members (excludes halogenated alkanes) is 1. The van der Waals surface area contributed by atoms with E-state index in [9.17, 15) is 4.79 Å². The lowest BCUT2D eigenvalue weighted by Crippen LogP contribution is -2.10. The van der Waals surface area contributed by atoms with Crippen molar-refractivity contribution in [3.63, 3.8) is 0 Å². The summed E-state index contributed by atoms with van der Waals surface area (Å²) in [5.41, 5.74) is 0. The summed E-state index contributed by atoms with van der Waals surface area (Å²) in [5.74, 6) is 0.550. The number of hydrogen-bond donors (Lipinski definition) is 0. The average molecular weight is 301 g/mol. The Labute approximate surface area is 110 Å². The van der Waals surface area contributed by atoms with E-state index in [0.717, 1.165) is 23.1 Å². The number of benzene rings is 1. The largest absolute Gasteiger partial charge is 0.493 e. The Balaban J connectivity index is 2.17. The molecule has 0 saturated carbocycles. The Morgan fingerprint density at radius 2 is 2.18 bits per heavy atom. The number of rotatable bonds is 7. The molecule has 0 aliphatic heterocycles. The predicted molar refractivity (Wildman–Crippen MR) is 70.1 cm³/mol. The monoisotopic (exact) mass is 300 g/mol. The van der Waals surface area contributed by atoms with Gasteiger partial charge in [-0.25, -0.2) is 0 Å². The number of carbonyl (C=O) groups excluding carboxylic acids is 1. The molecule has 1 aromatic carbocycles. The summed E-state index contributed by atoms with van der Waals surface area (Å²) < 4.78 is 11.4. The SMILES string of the molecule is CCCCOC(=O)CCOc1cccc(Br)c1. The second-order valence-corrected chi connectivity index (χ2v) is 4.55. The summed E-state index contributed by atoms with van der Waals surface area (Å²) in [6, 6.07) is 7.53. The van der Waals surface area contributed by atoms with Gasteiger partial charge in [0.15, 0.2) is 0 Å². The molecule has 0 atom stereocenters.